The fourth-order valence-corrected chi connectivity index (χ4v) is 3.51. The lowest BCUT2D eigenvalue weighted by molar-refractivity contribution is -0.384. The van der Waals surface area contributed by atoms with Gasteiger partial charge in [0.2, 0.25) is 5.91 Å². The fourth-order valence-electron chi connectivity index (χ4n) is 3.51. The Morgan fingerprint density at radius 1 is 1.38 bits per heavy atom. The van der Waals surface area contributed by atoms with Crippen molar-refractivity contribution < 1.29 is 14.5 Å². The summed E-state index contributed by atoms with van der Waals surface area (Å²) in [5.74, 6) is 0.500. The van der Waals surface area contributed by atoms with E-state index in [2.05, 4.69) is 15.4 Å². The van der Waals surface area contributed by atoms with Gasteiger partial charge in [-0.25, -0.2) is 9.67 Å². The Balaban J connectivity index is 1.58. The van der Waals surface area contributed by atoms with Crippen LogP contribution < -0.4 is 10.1 Å². The summed E-state index contributed by atoms with van der Waals surface area (Å²) >= 11 is 0. The molecule has 0 atom stereocenters. The number of fused-ring (bicyclic) bond motifs is 1. The number of anilines is 1. The second kappa shape index (κ2) is 7.50. The first-order chi connectivity index (χ1) is 14.0. The van der Waals surface area contributed by atoms with E-state index < -0.39 is 10.8 Å². The molecular weight excluding hydrogens is 374 g/mol. The number of nitrogens with one attached hydrogen (secondary N) is 1. The van der Waals surface area contributed by atoms with Crippen LogP contribution in [0.15, 0.2) is 30.5 Å². The molecule has 2 heterocycles. The van der Waals surface area contributed by atoms with E-state index in [9.17, 15) is 14.9 Å². The first-order valence-electron chi connectivity index (χ1n) is 9.51. The summed E-state index contributed by atoms with van der Waals surface area (Å²) in [4.78, 5) is 27.8. The normalized spacial score (nSPS) is 13.4. The summed E-state index contributed by atoms with van der Waals surface area (Å²) in [6, 6.07) is 6.37. The van der Waals surface area contributed by atoms with Crippen LogP contribution >= 0.6 is 0 Å². The number of carbonyl (C=O) groups excluding carboxylic acids is 1. The van der Waals surface area contributed by atoms with Gasteiger partial charge in [0.1, 0.15) is 18.0 Å². The van der Waals surface area contributed by atoms with Gasteiger partial charge in [0.15, 0.2) is 5.65 Å². The van der Waals surface area contributed by atoms with E-state index >= 15 is 0 Å². The molecule has 9 nitrogen and oxygen atoms in total. The van der Waals surface area contributed by atoms with Crippen molar-refractivity contribution in [2.24, 2.45) is 0 Å². The maximum atomic E-state index is 12.6. The molecule has 1 aromatic carbocycles. The quantitative estimate of drug-likeness (QED) is 0.483. The van der Waals surface area contributed by atoms with E-state index in [-0.39, 0.29) is 17.9 Å². The summed E-state index contributed by atoms with van der Waals surface area (Å²) in [5, 5.41) is 19.5. The Bertz CT molecular complexity index is 1100. The molecule has 29 heavy (non-hydrogen) atoms. The number of amides is 1. The molecule has 0 saturated heterocycles. The largest absolute Gasteiger partial charge is 0.494 e. The number of hydrogen-bond donors (Lipinski definition) is 1. The van der Waals surface area contributed by atoms with Gasteiger partial charge in [0, 0.05) is 11.6 Å². The monoisotopic (exact) mass is 395 g/mol. The molecule has 1 aliphatic carbocycles. The molecule has 0 radical (unpaired) electrons. The lowest BCUT2D eigenvalue weighted by Crippen LogP contribution is -2.20. The van der Waals surface area contributed by atoms with Gasteiger partial charge < -0.3 is 10.1 Å². The highest BCUT2D eigenvalue weighted by Crippen LogP contribution is 2.43. The van der Waals surface area contributed by atoms with E-state index in [0.717, 1.165) is 23.9 Å². The Hall–Kier alpha value is -3.49. The molecular formula is C20H21N5O4. The van der Waals surface area contributed by atoms with Gasteiger partial charge in [-0.2, -0.15) is 5.10 Å². The van der Waals surface area contributed by atoms with E-state index in [1.165, 1.54) is 17.7 Å². The van der Waals surface area contributed by atoms with Crippen LogP contribution in [-0.4, -0.2) is 32.2 Å². The Morgan fingerprint density at radius 2 is 2.17 bits per heavy atom. The van der Waals surface area contributed by atoms with Crippen molar-refractivity contribution in [2.75, 3.05) is 11.9 Å². The molecule has 9 heteroatoms. The smallest absolute Gasteiger partial charge is 0.296 e. The van der Waals surface area contributed by atoms with Crippen molar-refractivity contribution in [2.45, 2.75) is 39.2 Å². The third-order valence-corrected chi connectivity index (χ3v) is 4.90. The lowest BCUT2D eigenvalue weighted by Gasteiger charge is -2.09. The average Bonchev–Trinajstić information content (AvgIpc) is 3.48. The minimum atomic E-state index is -0.547. The summed E-state index contributed by atoms with van der Waals surface area (Å²) in [6.07, 6.45) is 4.06. The van der Waals surface area contributed by atoms with Crippen molar-refractivity contribution in [1.82, 2.24) is 14.8 Å². The Morgan fingerprint density at radius 3 is 2.86 bits per heavy atom. The number of nitro groups is 1. The minimum Gasteiger partial charge on any atom is -0.494 e. The van der Waals surface area contributed by atoms with E-state index in [0.29, 0.717) is 23.9 Å². The van der Waals surface area contributed by atoms with Crippen LogP contribution in [-0.2, 0) is 11.3 Å². The molecule has 0 bridgehead atoms. The second-order valence-corrected chi connectivity index (χ2v) is 7.03. The Kier molecular flexibility index (Phi) is 4.87. The molecule has 1 N–H and O–H groups in total. The number of nitro benzene ring substituents is 1. The Labute approximate surface area is 166 Å². The van der Waals surface area contributed by atoms with Crippen molar-refractivity contribution in [3.8, 4) is 5.75 Å². The zero-order valence-corrected chi connectivity index (χ0v) is 16.2. The van der Waals surface area contributed by atoms with Crippen LogP contribution in [0.2, 0.25) is 0 Å². The molecule has 0 spiro atoms. The number of carbonyl (C=O) groups is 1. The van der Waals surface area contributed by atoms with Gasteiger partial charge in [-0.3, -0.25) is 14.9 Å². The topological polar surface area (TPSA) is 112 Å². The highest BCUT2D eigenvalue weighted by molar-refractivity contribution is 5.94. The SMILES string of the molecule is CCOc1ccc(NC(=O)Cn2nc(C)c3c(C4CC4)ccnc32)c([N+](=O)[O-])c1. The average molecular weight is 395 g/mol. The minimum absolute atomic E-state index is 0.0875. The molecule has 3 aromatic rings. The van der Waals surface area contributed by atoms with Crippen LogP contribution in [0.3, 0.4) is 0 Å². The number of rotatable bonds is 7. The van der Waals surface area contributed by atoms with Crippen molar-refractivity contribution >= 4 is 28.3 Å². The van der Waals surface area contributed by atoms with Crippen LogP contribution in [0.25, 0.3) is 11.0 Å². The number of nitrogens with zero attached hydrogens (tertiary/aromatic N) is 4. The zero-order valence-electron chi connectivity index (χ0n) is 16.2. The van der Waals surface area contributed by atoms with Crippen LogP contribution in [0, 0.1) is 17.0 Å². The predicted octanol–water partition coefficient (Wildman–Crippen LogP) is 3.56. The third-order valence-electron chi connectivity index (χ3n) is 4.90. The molecule has 1 fully saturated rings. The maximum Gasteiger partial charge on any atom is 0.296 e. The number of pyridine rings is 1. The first-order valence-corrected chi connectivity index (χ1v) is 9.51. The number of aryl methyl sites for hydroxylation is 1. The summed E-state index contributed by atoms with van der Waals surface area (Å²) in [5.41, 5.74) is 2.60. The molecule has 1 amide bonds. The van der Waals surface area contributed by atoms with Gasteiger partial charge in [0.05, 0.1) is 23.3 Å². The van der Waals surface area contributed by atoms with E-state index in [4.69, 9.17) is 4.74 Å². The molecule has 150 valence electrons. The van der Waals surface area contributed by atoms with Crippen LogP contribution in [0.5, 0.6) is 5.75 Å². The highest BCUT2D eigenvalue weighted by Gasteiger charge is 2.28. The predicted molar refractivity (Wildman–Crippen MR) is 107 cm³/mol. The molecule has 4 rings (SSSR count). The number of ether oxygens (including phenoxy) is 1. The van der Waals surface area contributed by atoms with Gasteiger partial charge in [-0.1, -0.05) is 0 Å². The molecule has 1 aliphatic rings. The molecule has 0 unspecified atom stereocenters. The number of benzene rings is 1. The highest BCUT2D eigenvalue weighted by atomic mass is 16.6. The molecule has 2 aromatic heterocycles. The van der Waals surface area contributed by atoms with Gasteiger partial charge in [-0.15, -0.1) is 0 Å². The third kappa shape index (κ3) is 3.75. The first kappa shape index (κ1) is 18.9. The number of hydrogen-bond acceptors (Lipinski definition) is 6. The summed E-state index contributed by atoms with van der Waals surface area (Å²) in [7, 11) is 0. The second-order valence-electron chi connectivity index (χ2n) is 7.03. The summed E-state index contributed by atoms with van der Waals surface area (Å²) in [6.45, 7) is 4.00. The molecule has 0 aliphatic heterocycles. The van der Waals surface area contributed by atoms with Crippen molar-refractivity contribution in [1.29, 1.82) is 0 Å². The zero-order chi connectivity index (χ0) is 20.5. The van der Waals surface area contributed by atoms with Crippen LogP contribution in [0.1, 0.15) is 36.9 Å². The van der Waals surface area contributed by atoms with Gasteiger partial charge in [0.25, 0.3) is 5.69 Å². The van der Waals surface area contributed by atoms with Gasteiger partial charge >= 0.3 is 0 Å². The number of aromatic nitrogens is 3. The standard InChI is InChI=1S/C20H21N5O4/c1-3-29-14-6-7-16(17(10-14)25(27)28)22-18(26)11-24-20-19(12(2)23-24)15(8-9-21-20)13-4-5-13/h6-10,13H,3-5,11H2,1-2H3,(H,22,26). The van der Waals surface area contributed by atoms with Crippen molar-refractivity contribution in [3.05, 3.63) is 51.8 Å². The van der Waals surface area contributed by atoms with E-state index in [1.807, 2.05) is 13.0 Å². The van der Waals surface area contributed by atoms with Crippen molar-refractivity contribution in [3.63, 3.8) is 0 Å². The lowest BCUT2D eigenvalue weighted by atomic mass is 10.1. The fraction of sp³-hybridized carbons (Fsp3) is 0.350. The summed E-state index contributed by atoms with van der Waals surface area (Å²) < 4.78 is 6.85. The van der Waals surface area contributed by atoms with Crippen LogP contribution in [0.4, 0.5) is 11.4 Å². The van der Waals surface area contributed by atoms with Gasteiger partial charge in [-0.05, 0) is 56.4 Å². The maximum absolute atomic E-state index is 12.6. The van der Waals surface area contributed by atoms with E-state index in [1.54, 1.807) is 23.9 Å². The molecule has 1 saturated carbocycles.